The summed E-state index contributed by atoms with van der Waals surface area (Å²) < 4.78 is 4.12. The standard InChI is InChI=1S/C20H18N4S3/c25-20-24(13-14-7-2-1-3-8-14)19-16(27-20)18(23-10-4-5-11-23)21-17(22-19)15-9-6-12-26-15/h1-3,6-9,12H,4-5,10-11,13H2. The summed E-state index contributed by atoms with van der Waals surface area (Å²) in [6.45, 7) is 2.85. The van der Waals surface area contributed by atoms with E-state index in [4.69, 9.17) is 22.2 Å². The van der Waals surface area contributed by atoms with Crippen molar-refractivity contribution in [2.75, 3.05) is 18.0 Å². The van der Waals surface area contributed by atoms with E-state index in [1.807, 2.05) is 12.1 Å². The van der Waals surface area contributed by atoms with Crippen LogP contribution in [0.4, 0.5) is 5.82 Å². The molecule has 1 aliphatic heterocycles. The smallest absolute Gasteiger partial charge is 0.173 e. The summed E-state index contributed by atoms with van der Waals surface area (Å²) in [7, 11) is 0. The third kappa shape index (κ3) is 3.20. The number of fused-ring (bicyclic) bond motifs is 1. The van der Waals surface area contributed by atoms with Crippen molar-refractivity contribution in [2.24, 2.45) is 0 Å². The van der Waals surface area contributed by atoms with E-state index in [-0.39, 0.29) is 0 Å². The Kier molecular flexibility index (Phi) is 4.51. The average molecular weight is 411 g/mol. The highest BCUT2D eigenvalue weighted by Gasteiger charge is 2.22. The predicted molar refractivity (Wildman–Crippen MR) is 117 cm³/mol. The highest BCUT2D eigenvalue weighted by atomic mass is 32.1. The van der Waals surface area contributed by atoms with Crippen LogP contribution in [0.3, 0.4) is 0 Å². The Hall–Kier alpha value is -2.09. The first-order valence-electron chi connectivity index (χ1n) is 9.04. The van der Waals surface area contributed by atoms with E-state index in [1.165, 1.54) is 18.4 Å². The highest BCUT2D eigenvalue weighted by Crippen LogP contribution is 2.35. The third-order valence-electron chi connectivity index (χ3n) is 4.83. The van der Waals surface area contributed by atoms with Crippen LogP contribution in [0.25, 0.3) is 21.0 Å². The molecule has 3 aromatic heterocycles. The van der Waals surface area contributed by atoms with Crippen LogP contribution in [0.2, 0.25) is 0 Å². The lowest BCUT2D eigenvalue weighted by Gasteiger charge is -2.17. The summed E-state index contributed by atoms with van der Waals surface area (Å²) in [5.74, 6) is 1.85. The first-order chi connectivity index (χ1) is 13.3. The van der Waals surface area contributed by atoms with Gasteiger partial charge < -0.3 is 9.47 Å². The van der Waals surface area contributed by atoms with Gasteiger partial charge >= 0.3 is 0 Å². The van der Waals surface area contributed by atoms with Crippen LogP contribution in [0.5, 0.6) is 0 Å². The largest absolute Gasteiger partial charge is 0.355 e. The van der Waals surface area contributed by atoms with Gasteiger partial charge in [-0.05, 0) is 42.1 Å². The van der Waals surface area contributed by atoms with Crippen LogP contribution in [0.15, 0.2) is 47.8 Å². The molecule has 0 atom stereocenters. The fourth-order valence-electron chi connectivity index (χ4n) is 3.49. The molecule has 4 aromatic rings. The zero-order chi connectivity index (χ0) is 18.2. The number of rotatable bonds is 4. The number of hydrogen-bond acceptors (Lipinski definition) is 6. The van der Waals surface area contributed by atoms with Gasteiger partial charge in [0, 0.05) is 13.1 Å². The van der Waals surface area contributed by atoms with Crippen molar-refractivity contribution in [1.82, 2.24) is 14.5 Å². The van der Waals surface area contributed by atoms with E-state index in [1.54, 1.807) is 22.7 Å². The number of aromatic nitrogens is 3. The molecule has 4 nitrogen and oxygen atoms in total. The summed E-state index contributed by atoms with van der Waals surface area (Å²) in [6.07, 6.45) is 2.44. The van der Waals surface area contributed by atoms with Crippen LogP contribution in [0.1, 0.15) is 18.4 Å². The van der Waals surface area contributed by atoms with E-state index < -0.39 is 0 Å². The topological polar surface area (TPSA) is 34.0 Å². The summed E-state index contributed by atoms with van der Waals surface area (Å²) in [5, 5.41) is 2.07. The van der Waals surface area contributed by atoms with Crippen molar-refractivity contribution in [1.29, 1.82) is 0 Å². The Balaban J connectivity index is 1.71. The number of nitrogens with zero attached hydrogens (tertiary/aromatic N) is 4. The Morgan fingerprint density at radius 1 is 1.00 bits per heavy atom. The molecule has 4 heterocycles. The van der Waals surface area contributed by atoms with Gasteiger partial charge in [0.25, 0.3) is 0 Å². The summed E-state index contributed by atoms with van der Waals surface area (Å²) in [4.78, 5) is 13.4. The Bertz CT molecular complexity index is 1120. The molecule has 0 aliphatic carbocycles. The summed E-state index contributed by atoms with van der Waals surface area (Å²) in [5.41, 5.74) is 2.18. The van der Waals surface area contributed by atoms with Crippen molar-refractivity contribution < 1.29 is 0 Å². The van der Waals surface area contributed by atoms with Gasteiger partial charge in [-0.2, -0.15) is 0 Å². The van der Waals surface area contributed by atoms with Crippen LogP contribution in [-0.4, -0.2) is 27.6 Å². The molecular formula is C20H18N4S3. The summed E-state index contributed by atoms with van der Waals surface area (Å²) in [6, 6.07) is 14.6. The first kappa shape index (κ1) is 17.0. The lowest BCUT2D eigenvalue weighted by molar-refractivity contribution is 0.818. The van der Waals surface area contributed by atoms with E-state index >= 15 is 0 Å². The number of anilines is 1. The molecule has 1 saturated heterocycles. The van der Waals surface area contributed by atoms with E-state index in [0.717, 1.165) is 50.5 Å². The zero-order valence-corrected chi connectivity index (χ0v) is 17.1. The van der Waals surface area contributed by atoms with Gasteiger partial charge in [-0.15, -0.1) is 11.3 Å². The molecule has 0 saturated carbocycles. The van der Waals surface area contributed by atoms with Crippen LogP contribution >= 0.6 is 34.9 Å². The van der Waals surface area contributed by atoms with E-state index in [2.05, 4.69) is 45.2 Å². The highest BCUT2D eigenvalue weighted by molar-refractivity contribution is 7.73. The normalized spacial score (nSPS) is 14.3. The molecular weight excluding hydrogens is 392 g/mol. The van der Waals surface area contributed by atoms with E-state index in [9.17, 15) is 0 Å². The number of thiophene rings is 1. The SMILES string of the molecule is S=c1sc2c(N3CCCC3)nc(-c3cccs3)nc2n1Cc1ccccc1. The second kappa shape index (κ2) is 7.14. The molecule has 1 aliphatic rings. The van der Waals surface area contributed by atoms with Crippen molar-refractivity contribution in [3.8, 4) is 10.7 Å². The average Bonchev–Trinajstić information content (AvgIpc) is 3.44. The fraction of sp³-hybridized carbons (Fsp3) is 0.250. The Morgan fingerprint density at radius 3 is 2.56 bits per heavy atom. The minimum absolute atomic E-state index is 0.736. The minimum Gasteiger partial charge on any atom is -0.355 e. The van der Waals surface area contributed by atoms with Gasteiger partial charge in [0.05, 0.1) is 11.4 Å². The van der Waals surface area contributed by atoms with Crippen molar-refractivity contribution in [3.05, 3.63) is 57.4 Å². The van der Waals surface area contributed by atoms with Crippen molar-refractivity contribution in [3.63, 3.8) is 0 Å². The molecule has 0 radical (unpaired) electrons. The van der Waals surface area contributed by atoms with Gasteiger partial charge in [-0.3, -0.25) is 0 Å². The number of benzene rings is 1. The third-order valence-corrected chi connectivity index (χ3v) is 7.13. The first-order valence-corrected chi connectivity index (χ1v) is 11.1. The maximum Gasteiger partial charge on any atom is 0.173 e. The molecule has 0 spiro atoms. The summed E-state index contributed by atoms with van der Waals surface area (Å²) >= 11 is 9.04. The van der Waals surface area contributed by atoms with Gasteiger partial charge in [-0.25, -0.2) is 9.97 Å². The molecule has 136 valence electrons. The Morgan fingerprint density at radius 2 is 1.81 bits per heavy atom. The second-order valence-corrected chi connectivity index (χ2v) is 9.23. The monoisotopic (exact) mass is 410 g/mol. The molecule has 0 N–H and O–H groups in total. The maximum atomic E-state index is 5.73. The fourth-order valence-corrected chi connectivity index (χ4v) is 5.50. The number of thiazole rings is 1. The molecule has 7 heteroatoms. The lowest BCUT2D eigenvalue weighted by atomic mass is 10.2. The lowest BCUT2D eigenvalue weighted by Crippen LogP contribution is -2.19. The quantitative estimate of drug-likeness (QED) is 0.410. The van der Waals surface area contributed by atoms with Gasteiger partial charge in [0.2, 0.25) is 0 Å². The molecule has 1 fully saturated rings. The van der Waals surface area contributed by atoms with Gasteiger partial charge in [0.15, 0.2) is 21.2 Å². The van der Waals surface area contributed by atoms with Gasteiger partial charge in [0.1, 0.15) is 4.70 Å². The molecule has 5 rings (SSSR count). The molecule has 1 aromatic carbocycles. The van der Waals surface area contributed by atoms with Crippen LogP contribution in [-0.2, 0) is 6.54 Å². The minimum atomic E-state index is 0.736. The van der Waals surface area contributed by atoms with Crippen molar-refractivity contribution >= 4 is 51.1 Å². The maximum absolute atomic E-state index is 5.73. The van der Waals surface area contributed by atoms with Gasteiger partial charge in [-0.1, -0.05) is 47.7 Å². The van der Waals surface area contributed by atoms with Crippen LogP contribution < -0.4 is 4.90 Å². The van der Waals surface area contributed by atoms with Crippen molar-refractivity contribution in [2.45, 2.75) is 19.4 Å². The second-order valence-electron chi connectivity index (χ2n) is 6.63. The van der Waals surface area contributed by atoms with Crippen LogP contribution in [0, 0.1) is 3.95 Å². The van der Waals surface area contributed by atoms with E-state index in [0.29, 0.717) is 0 Å². The molecule has 0 unspecified atom stereocenters. The Labute approximate surface area is 170 Å². The molecule has 0 bridgehead atoms. The predicted octanol–water partition coefficient (Wildman–Crippen LogP) is 5.60. The number of hydrogen-bond donors (Lipinski definition) is 0. The molecule has 0 amide bonds. The molecule has 27 heavy (non-hydrogen) atoms. The zero-order valence-electron chi connectivity index (χ0n) is 14.7.